The van der Waals surface area contributed by atoms with Gasteiger partial charge in [-0.05, 0) is 13.8 Å². The Morgan fingerprint density at radius 2 is 1.82 bits per heavy atom. The summed E-state index contributed by atoms with van der Waals surface area (Å²) < 4.78 is 0.691. The van der Waals surface area contributed by atoms with Gasteiger partial charge in [0.2, 0.25) is 0 Å². The van der Waals surface area contributed by atoms with Crippen molar-refractivity contribution in [1.82, 2.24) is 4.90 Å². The number of rotatable bonds is 3. The molecule has 2 rings (SSSR count). The highest BCUT2D eigenvalue weighted by Gasteiger charge is 2.19. The summed E-state index contributed by atoms with van der Waals surface area (Å²) in [6.07, 6.45) is 0. The van der Waals surface area contributed by atoms with Crippen LogP contribution >= 0.6 is 22.9 Å². The van der Waals surface area contributed by atoms with Crippen molar-refractivity contribution in [3.63, 3.8) is 0 Å². The van der Waals surface area contributed by atoms with Crippen molar-refractivity contribution in [3.05, 3.63) is 33.5 Å². The first-order valence-electron chi connectivity index (χ1n) is 5.65. The van der Waals surface area contributed by atoms with Gasteiger partial charge in [-0.3, -0.25) is 4.79 Å². The van der Waals surface area contributed by atoms with E-state index in [1.165, 1.54) is 11.3 Å². The van der Waals surface area contributed by atoms with Crippen molar-refractivity contribution >= 4 is 39.6 Å². The maximum atomic E-state index is 12.3. The number of hydrogen-bond donors (Lipinski definition) is 0. The van der Waals surface area contributed by atoms with E-state index in [-0.39, 0.29) is 5.91 Å². The van der Waals surface area contributed by atoms with Crippen molar-refractivity contribution in [2.24, 2.45) is 0 Å². The molecule has 0 bridgehead atoms. The molecule has 0 fully saturated rings. The molecular weight excluding hydrogens is 254 g/mol. The Bertz CT molecular complexity index is 545. The van der Waals surface area contributed by atoms with E-state index in [2.05, 4.69) is 0 Å². The monoisotopic (exact) mass is 267 g/mol. The minimum atomic E-state index is 0.0723. The summed E-state index contributed by atoms with van der Waals surface area (Å²) in [5.41, 5.74) is 0. The maximum Gasteiger partial charge on any atom is 0.264 e. The summed E-state index contributed by atoms with van der Waals surface area (Å²) in [6.45, 7) is 5.41. The molecule has 0 aliphatic carbocycles. The third kappa shape index (κ3) is 2.17. The molecule has 0 spiro atoms. The van der Waals surface area contributed by atoms with E-state index in [0.717, 1.165) is 28.7 Å². The zero-order valence-electron chi connectivity index (χ0n) is 9.87. The number of carbonyl (C=O) groups is 1. The van der Waals surface area contributed by atoms with Crippen LogP contribution in [0.1, 0.15) is 23.5 Å². The van der Waals surface area contributed by atoms with Crippen LogP contribution in [0.2, 0.25) is 4.34 Å². The van der Waals surface area contributed by atoms with Gasteiger partial charge in [0, 0.05) is 23.9 Å². The van der Waals surface area contributed by atoms with E-state index in [1.807, 2.05) is 43.0 Å². The number of halogens is 1. The van der Waals surface area contributed by atoms with E-state index in [0.29, 0.717) is 4.34 Å². The predicted molar refractivity (Wildman–Crippen MR) is 74.1 cm³/mol. The smallest absolute Gasteiger partial charge is 0.264 e. The van der Waals surface area contributed by atoms with Crippen LogP contribution in [-0.4, -0.2) is 23.9 Å². The van der Waals surface area contributed by atoms with Crippen LogP contribution in [0.3, 0.4) is 0 Å². The van der Waals surface area contributed by atoms with E-state index in [9.17, 15) is 4.79 Å². The van der Waals surface area contributed by atoms with E-state index in [4.69, 9.17) is 11.6 Å². The van der Waals surface area contributed by atoms with Crippen LogP contribution in [0, 0.1) is 0 Å². The lowest BCUT2D eigenvalue weighted by atomic mass is 10.2. The molecule has 0 aliphatic rings. The lowest BCUT2D eigenvalue weighted by Gasteiger charge is -2.17. The summed E-state index contributed by atoms with van der Waals surface area (Å²) in [6, 6.07) is 7.78. The van der Waals surface area contributed by atoms with Crippen molar-refractivity contribution in [2.45, 2.75) is 13.8 Å². The molecule has 2 aromatic rings. The van der Waals surface area contributed by atoms with Crippen molar-refractivity contribution in [3.8, 4) is 0 Å². The first-order valence-corrected chi connectivity index (χ1v) is 6.84. The Balaban J connectivity index is 2.52. The fourth-order valence-electron chi connectivity index (χ4n) is 1.87. The first kappa shape index (κ1) is 12.4. The molecule has 1 amide bonds. The predicted octanol–water partition coefficient (Wildman–Crippen LogP) is 4.04. The van der Waals surface area contributed by atoms with Crippen LogP contribution in [-0.2, 0) is 0 Å². The average Bonchev–Trinajstić information content (AvgIpc) is 2.69. The lowest BCUT2D eigenvalue weighted by Crippen LogP contribution is -2.29. The number of thiophene rings is 1. The molecule has 0 radical (unpaired) electrons. The SMILES string of the molecule is CCN(CC)C(=O)c1sc(Cl)c2ccccc12. The molecule has 1 aromatic carbocycles. The Hall–Kier alpha value is -1.06. The van der Waals surface area contributed by atoms with E-state index >= 15 is 0 Å². The van der Waals surface area contributed by atoms with Gasteiger partial charge in [-0.2, -0.15) is 0 Å². The summed E-state index contributed by atoms with van der Waals surface area (Å²) in [5, 5.41) is 1.93. The Morgan fingerprint density at radius 1 is 1.24 bits per heavy atom. The van der Waals surface area contributed by atoms with E-state index in [1.54, 1.807) is 0 Å². The Kier molecular flexibility index (Phi) is 3.69. The van der Waals surface area contributed by atoms with Gasteiger partial charge in [-0.25, -0.2) is 0 Å². The van der Waals surface area contributed by atoms with Gasteiger partial charge in [0.25, 0.3) is 5.91 Å². The number of fused-ring (bicyclic) bond motifs is 1. The summed E-state index contributed by atoms with van der Waals surface area (Å²) in [4.78, 5) is 14.9. The second-order valence-electron chi connectivity index (χ2n) is 3.73. The molecule has 0 saturated carbocycles. The minimum Gasteiger partial charge on any atom is -0.338 e. The van der Waals surface area contributed by atoms with Crippen LogP contribution in [0.25, 0.3) is 10.8 Å². The molecular formula is C13H14ClNOS. The number of amides is 1. The third-order valence-electron chi connectivity index (χ3n) is 2.82. The first-order chi connectivity index (χ1) is 8.19. The molecule has 1 heterocycles. The molecule has 0 aliphatic heterocycles. The Labute approximate surface area is 110 Å². The molecule has 2 nitrogen and oxygen atoms in total. The fraction of sp³-hybridized carbons (Fsp3) is 0.308. The van der Waals surface area contributed by atoms with Crippen LogP contribution in [0.4, 0.5) is 0 Å². The minimum absolute atomic E-state index is 0.0723. The fourth-order valence-corrected chi connectivity index (χ4v) is 3.23. The molecule has 0 N–H and O–H groups in total. The molecule has 1 aromatic heterocycles. The van der Waals surface area contributed by atoms with Gasteiger partial charge in [0.15, 0.2) is 0 Å². The van der Waals surface area contributed by atoms with Crippen LogP contribution in [0.5, 0.6) is 0 Å². The van der Waals surface area contributed by atoms with Gasteiger partial charge in [0.1, 0.15) is 9.21 Å². The third-order valence-corrected chi connectivity index (χ3v) is 4.25. The summed E-state index contributed by atoms with van der Waals surface area (Å²) in [5.74, 6) is 0.0723. The lowest BCUT2D eigenvalue weighted by molar-refractivity contribution is 0.0779. The van der Waals surface area contributed by atoms with Crippen LogP contribution < -0.4 is 0 Å². The zero-order chi connectivity index (χ0) is 12.4. The number of benzene rings is 1. The topological polar surface area (TPSA) is 20.3 Å². The quantitative estimate of drug-likeness (QED) is 0.822. The number of carbonyl (C=O) groups excluding carboxylic acids is 1. The molecule has 0 saturated heterocycles. The highest BCUT2D eigenvalue weighted by atomic mass is 35.5. The molecule has 4 heteroatoms. The summed E-state index contributed by atoms with van der Waals surface area (Å²) in [7, 11) is 0. The van der Waals surface area contributed by atoms with Gasteiger partial charge in [-0.1, -0.05) is 35.9 Å². The normalized spacial score (nSPS) is 10.8. The zero-order valence-corrected chi connectivity index (χ0v) is 11.4. The number of hydrogen-bond acceptors (Lipinski definition) is 2. The highest BCUT2D eigenvalue weighted by Crippen LogP contribution is 2.35. The molecule has 90 valence electrons. The standard InChI is InChI=1S/C13H14ClNOS/c1-3-15(4-2)13(16)11-9-7-5-6-8-10(9)12(14)17-11/h5-8H,3-4H2,1-2H3. The molecule has 17 heavy (non-hydrogen) atoms. The van der Waals surface area contributed by atoms with E-state index < -0.39 is 0 Å². The Morgan fingerprint density at radius 3 is 2.41 bits per heavy atom. The van der Waals surface area contributed by atoms with Gasteiger partial charge in [0.05, 0.1) is 0 Å². The number of nitrogens with zero attached hydrogens (tertiary/aromatic N) is 1. The van der Waals surface area contributed by atoms with Crippen LogP contribution in [0.15, 0.2) is 24.3 Å². The van der Waals surface area contributed by atoms with Crippen molar-refractivity contribution in [2.75, 3.05) is 13.1 Å². The molecule has 0 unspecified atom stereocenters. The van der Waals surface area contributed by atoms with Gasteiger partial charge < -0.3 is 4.90 Å². The second kappa shape index (κ2) is 5.07. The van der Waals surface area contributed by atoms with Crippen molar-refractivity contribution in [1.29, 1.82) is 0 Å². The van der Waals surface area contributed by atoms with Gasteiger partial charge in [-0.15, -0.1) is 11.3 Å². The largest absolute Gasteiger partial charge is 0.338 e. The van der Waals surface area contributed by atoms with Crippen molar-refractivity contribution < 1.29 is 4.79 Å². The highest BCUT2D eigenvalue weighted by molar-refractivity contribution is 7.20. The van der Waals surface area contributed by atoms with Gasteiger partial charge >= 0.3 is 0 Å². The molecule has 0 atom stereocenters. The second-order valence-corrected chi connectivity index (χ2v) is 5.35. The summed E-state index contributed by atoms with van der Waals surface area (Å²) >= 11 is 7.53. The average molecular weight is 268 g/mol. The maximum absolute atomic E-state index is 12.3.